The quantitative estimate of drug-likeness (QED) is 0.565. The van der Waals surface area contributed by atoms with Gasteiger partial charge in [0.15, 0.2) is 0 Å². The van der Waals surface area contributed by atoms with E-state index in [9.17, 15) is 4.79 Å². The molecule has 4 rings (SSSR count). The Labute approximate surface area is 126 Å². The summed E-state index contributed by atoms with van der Waals surface area (Å²) in [4.78, 5) is 18.1. The van der Waals surface area contributed by atoms with E-state index in [2.05, 4.69) is 9.97 Å². The number of rotatable bonds is 1. The molecule has 0 fully saturated rings. The number of benzene rings is 2. The maximum absolute atomic E-state index is 11.6. The molecule has 1 atom stereocenters. The molecular weight excluding hydrogens is 278 g/mol. The van der Waals surface area contributed by atoms with E-state index in [-0.39, 0.29) is 11.8 Å². The summed E-state index contributed by atoms with van der Waals surface area (Å²) in [5.41, 5.74) is 8.31. The first-order valence-electron chi connectivity index (χ1n) is 6.95. The summed E-state index contributed by atoms with van der Waals surface area (Å²) in [6.07, 6.45) is 0. The van der Waals surface area contributed by atoms with Crippen LogP contribution in [0.4, 0.5) is 5.82 Å². The number of aromatic amines is 1. The van der Waals surface area contributed by atoms with E-state index in [0.717, 1.165) is 11.1 Å². The van der Waals surface area contributed by atoms with Gasteiger partial charge in [-0.3, -0.25) is 4.98 Å². The molecule has 1 aliphatic heterocycles. The van der Waals surface area contributed by atoms with Crippen LogP contribution in [0.5, 0.6) is 11.6 Å². The predicted molar refractivity (Wildman–Crippen MR) is 83.2 cm³/mol. The molecule has 3 N–H and O–H groups in total. The van der Waals surface area contributed by atoms with Crippen LogP contribution in [-0.4, -0.2) is 9.97 Å². The minimum atomic E-state index is -0.512. The number of para-hydroxylation sites is 1. The third-order valence-electron chi connectivity index (χ3n) is 3.82. The molecule has 0 saturated heterocycles. The molecule has 0 bridgehead atoms. The van der Waals surface area contributed by atoms with Gasteiger partial charge < -0.3 is 10.5 Å². The lowest BCUT2D eigenvalue weighted by Gasteiger charge is -2.28. The SMILES string of the molecule is Nc1[nH]c(=O)nc2c1C(c1ccccc1)c1ccccc1O2. The third kappa shape index (κ3) is 1.87. The van der Waals surface area contributed by atoms with Gasteiger partial charge in [-0.05, 0) is 11.6 Å². The summed E-state index contributed by atoms with van der Waals surface area (Å²) in [5, 5.41) is 0. The maximum Gasteiger partial charge on any atom is 0.349 e. The van der Waals surface area contributed by atoms with Gasteiger partial charge in [-0.15, -0.1) is 0 Å². The van der Waals surface area contributed by atoms with E-state index < -0.39 is 5.69 Å². The fourth-order valence-electron chi connectivity index (χ4n) is 2.90. The van der Waals surface area contributed by atoms with Crippen molar-refractivity contribution in [1.82, 2.24) is 9.97 Å². The second-order valence-corrected chi connectivity index (χ2v) is 5.16. The molecule has 5 nitrogen and oxygen atoms in total. The number of nitrogens with zero attached hydrogens (tertiary/aromatic N) is 1. The Morgan fingerprint density at radius 2 is 1.77 bits per heavy atom. The van der Waals surface area contributed by atoms with E-state index in [0.29, 0.717) is 17.1 Å². The van der Waals surface area contributed by atoms with Crippen LogP contribution in [0.1, 0.15) is 22.6 Å². The predicted octanol–water partition coefficient (Wildman–Crippen LogP) is 2.64. The number of H-pyrrole nitrogens is 1. The van der Waals surface area contributed by atoms with E-state index in [1.54, 1.807) is 0 Å². The van der Waals surface area contributed by atoms with Crippen molar-refractivity contribution < 1.29 is 4.74 Å². The molecule has 1 aromatic heterocycles. The summed E-state index contributed by atoms with van der Waals surface area (Å²) < 4.78 is 5.78. The number of nitrogen functional groups attached to an aromatic ring is 1. The van der Waals surface area contributed by atoms with Crippen LogP contribution >= 0.6 is 0 Å². The van der Waals surface area contributed by atoms with Crippen LogP contribution in [0.2, 0.25) is 0 Å². The van der Waals surface area contributed by atoms with Gasteiger partial charge in [-0.25, -0.2) is 4.79 Å². The summed E-state index contributed by atoms with van der Waals surface area (Å²) in [7, 11) is 0. The molecule has 0 radical (unpaired) electrons. The molecule has 5 heteroatoms. The highest BCUT2D eigenvalue weighted by molar-refractivity contribution is 5.62. The van der Waals surface area contributed by atoms with Crippen molar-refractivity contribution in [3.8, 4) is 11.6 Å². The van der Waals surface area contributed by atoms with Gasteiger partial charge in [0.05, 0.1) is 5.56 Å². The Morgan fingerprint density at radius 1 is 1.05 bits per heavy atom. The molecule has 2 heterocycles. The maximum atomic E-state index is 11.6. The summed E-state index contributed by atoms with van der Waals surface area (Å²) in [6.45, 7) is 0. The first-order valence-corrected chi connectivity index (χ1v) is 6.95. The Kier molecular flexibility index (Phi) is 2.72. The Bertz CT molecular complexity index is 903. The van der Waals surface area contributed by atoms with Crippen molar-refractivity contribution in [2.24, 2.45) is 0 Å². The minimum Gasteiger partial charge on any atom is -0.438 e. The standard InChI is InChI=1S/C17H13N3O2/c18-15-14-13(10-6-2-1-3-7-10)11-8-4-5-9-12(11)22-16(14)20-17(21)19-15/h1-9,13H,(H3,18,19,20,21). The monoisotopic (exact) mass is 291 g/mol. The van der Waals surface area contributed by atoms with Crippen LogP contribution in [0, 0.1) is 0 Å². The number of nitrogens with one attached hydrogen (secondary N) is 1. The minimum absolute atomic E-state index is 0.120. The number of ether oxygens (including phenoxy) is 1. The molecule has 22 heavy (non-hydrogen) atoms. The van der Waals surface area contributed by atoms with Crippen LogP contribution in [0.25, 0.3) is 0 Å². The lowest BCUT2D eigenvalue weighted by atomic mass is 9.84. The van der Waals surface area contributed by atoms with Gasteiger partial charge in [-0.1, -0.05) is 48.5 Å². The number of aromatic nitrogens is 2. The fourth-order valence-corrected chi connectivity index (χ4v) is 2.90. The summed E-state index contributed by atoms with van der Waals surface area (Å²) in [6, 6.07) is 17.7. The number of hydrogen-bond donors (Lipinski definition) is 2. The van der Waals surface area contributed by atoms with Crippen molar-refractivity contribution in [3.63, 3.8) is 0 Å². The van der Waals surface area contributed by atoms with Crippen LogP contribution in [-0.2, 0) is 0 Å². The smallest absolute Gasteiger partial charge is 0.349 e. The zero-order valence-electron chi connectivity index (χ0n) is 11.6. The topological polar surface area (TPSA) is 81.0 Å². The second-order valence-electron chi connectivity index (χ2n) is 5.16. The van der Waals surface area contributed by atoms with Gasteiger partial charge in [0.25, 0.3) is 0 Å². The number of fused-ring (bicyclic) bond motifs is 2. The molecule has 1 aliphatic rings. The second kappa shape index (κ2) is 4.73. The molecular formula is C17H13N3O2. The van der Waals surface area contributed by atoms with E-state index >= 15 is 0 Å². The average Bonchev–Trinajstić information content (AvgIpc) is 2.53. The molecule has 0 saturated carbocycles. The van der Waals surface area contributed by atoms with Crippen molar-refractivity contribution in [1.29, 1.82) is 0 Å². The van der Waals surface area contributed by atoms with E-state index in [1.807, 2.05) is 54.6 Å². The van der Waals surface area contributed by atoms with Crippen LogP contribution in [0.15, 0.2) is 59.4 Å². The highest BCUT2D eigenvalue weighted by Crippen LogP contribution is 2.47. The van der Waals surface area contributed by atoms with Gasteiger partial charge >= 0.3 is 5.69 Å². The largest absolute Gasteiger partial charge is 0.438 e. The van der Waals surface area contributed by atoms with Crippen molar-refractivity contribution in [3.05, 3.63) is 81.8 Å². The fraction of sp³-hybridized carbons (Fsp3) is 0.0588. The normalized spacial score (nSPS) is 15.5. The van der Waals surface area contributed by atoms with Crippen LogP contribution in [0.3, 0.4) is 0 Å². The first kappa shape index (κ1) is 12.6. The zero-order valence-corrected chi connectivity index (χ0v) is 11.6. The molecule has 3 aromatic rings. The van der Waals surface area contributed by atoms with Crippen molar-refractivity contribution in [2.45, 2.75) is 5.92 Å². The summed E-state index contributed by atoms with van der Waals surface area (Å²) >= 11 is 0. The third-order valence-corrected chi connectivity index (χ3v) is 3.82. The first-order chi connectivity index (χ1) is 10.7. The van der Waals surface area contributed by atoms with E-state index in [1.165, 1.54) is 0 Å². The highest BCUT2D eigenvalue weighted by atomic mass is 16.5. The molecule has 1 unspecified atom stereocenters. The van der Waals surface area contributed by atoms with Crippen molar-refractivity contribution in [2.75, 3.05) is 5.73 Å². The molecule has 0 aliphatic carbocycles. The van der Waals surface area contributed by atoms with Gasteiger partial charge in [0.1, 0.15) is 11.6 Å². The van der Waals surface area contributed by atoms with Gasteiger partial charge in [0, 0.05) is 11.5 Å². The lowest BCUT2D eigenvalue weighted by Crippen LogP contribution is -2.22. The number of nitrogens with two attached hydrogens (primary N) is 1. The number of anilines is 1. The Morgan fingerprint density at radius 3 is 2.59 bits per heavy atom. The van der Waals surface area contributed by atoms with Gasteiger partial charge in [0.2, 0.25) is 5.88 Å². The molecule has 108 valence electrons. The lowest BCUT2D eigenvalue weighted by molar-refractivity contribution is 0.431. The summed E-state index contributed by atoms with van der Waals surface area (Å²) in [5.74, 6) is 1.14. The average molecular weight is 291 g/mol. The van der Waals surface area contributed by atoms with Crippen LogP contribution < -0.4 is 16.2 Å². The van der Waals surface area contributed by atoms with Crippen molar-refractivity contribution >= 4 is 5.82 Å². The number of hydrogen-bond acceptors (Lipinski definition) is 4. The molecule has 0 spiro atoms. The molecule has 0 amide bonds. The Hall–Kier alpha value is -3.08. The molecule has 2 aromatic carbocycles. The highest BCUT2D eigenvalue weighted by Gasteiger charge is 2.32. The Balaban J connectivity index is 2.03. The van der Waals surface area contributed by atoms with E-state index in [4.69, 9.17) is 10.5 Å². The van der Waals surface area contributed by atoms with Gasteiger partial charge in [-0.2, -0.15) is 4.98 Å². The zero-order chi connectivity index (χ0) is 15.1.